The van der Waals surface area contributed by atoms with Gasteiger partial charge in [0.2, 0.25) is 0 Å². The number of ether oxygens (including phenoxy) is 1. The highest BCUT2D eigenvalue weighted by atomic mass is 35.5. The number of hydrogen-bond acceptors (Lipinski definition) is 9. The van der Waals surface area contributed by atoms with Crippen molar-refractivity contribution in [3.8, 4) is 5.75 Å². The molecule has 13 heteroatoms. The van der Waals surface area contributed by atoms with Crippen molar-refractivity contribution < 1.29 is 29.3 Å². The Balaban J connectivity index is 1.34. The molecule has 4 aliphatic rings. The van der Waals surface area contributed by atoms with Crippen LogP contribution in [0.5, 0.6) is 5.75 Å². The van der Waals surface area contributed by atoms with Gasteiger partial charge in [0.1, 0.15) is 18.1 Å². The molecule has 0 radical (unpaired) electrons. The van der Waals surface area contributed by atoms with Gasteiger partial charge in [-0.2, -0.15) is 0 Å². The van der Waals surface area contributed by atoms with Gasteiger partial charge in [-0.05, 0) is 82.3 Å². The second-order valence-corrected chi connectivity index (χ2v) is 14.8. The van der Waals surface area contributed by atoms with Gasteiger partial charge in [-0.1, -0.05) is 47.5 Å². The summed E-state index contributed by atoms with van der Waals surface area (Å²) >= 11 is 13.4. The highest BCUT2D eigenvalue weighted by Gasteiger charge is 2.45. The van der Waals surface area contributed by atoms with Gasteiger partial charge in [-0.15, -0.1) is 0 Å². The van der Waals surface area contributed by atoms with E-state index in [4.69, 9.17) is 33.7 Å². The van der Waals surface area contributed by atoms with Gasteiger partial charge in [0.15, 0.2) is 0 Å². The van der Waals surface area contributed by atoms with Gasteiger partial charge in [0.25, 0.3) is 0 Å². The second kappa shape index (κ2) is 16.5. The summed E-state index contributed by atoms with van der Waals surface area (Å²) in [5.74, 6) is -3.36. The molecule has 0 spiro atoms. The molecule has 0 aromatic heterocycles. The Bertz CT molecular complexity index is 1660. The molecule has 4 unspecified atom stereocenters. The number of piperidine rings is 1. The van der Waals surface area contributed by atoms with Crippen molar-refractivity contribution in [1.82, 2.24) is 20.0 Å². The highest BCUT2D eigenvalue weighted by Crippen LogP contribution is 2.46. The average Bonchev–Trinajstić information content (AvgIpc) is 3.30. The summed E-state index contributed by atoms with van der Waals surface area (Å²) in [5, 5.41) is 25.0. The number of carboxylic acid groups (broad SMARTS) is 2. The molecule has 3 fully saturated rings. The Morgan fingerprint density at radius 3 is 2.20 bits per heavy atom. The molecule has 4 atom stereocenters. The van der Waals surface area contributed by atoms with Crippen LogP contribution >= 0.6 is 23.2 Å². The van der Waals surface area contributed by atoms with E-state index in [0.717, 1.165) is 37.8 Å². The Morgan fingerprint density at radius 2 is 1.59 bits per heavy atom. The Kier molecular flexibility index (Phi) is 12.1. The number of halogens is 2. The Hall–Kier alpha value is -3.45. The molecule has 2 bridgehead atoms. The van der Waals surface area contributed by atoms with Gasteiger partial charge in [-0.25, -0.2) is 9.59 Å². The molecule has 5 N–H and O–H groups in total. The summed E-state index contributed by atoms with van der Waals surface area (Å²) in [5.41, 5.74) is 6.65. The predicted octanol–water partition coefficient (Wildman–Crippen LogP) is 4.53. The van der Waals surface area contributed by atoms with Crippen molar-refractivity contribution in [2.75, 3.05) is 46.4 Å². The molecule has 0 saturated carbocycles. The number of carboxylic acids is 2. The molecule has 2 aromatic rings. The number of aldehydes is 1. The number of aliphatic carboxylic acids is 2. The minimum absolute atomic E-state index is 0.132. The monoisotopic (exact) mass is 739 g/mol. The molecule has 4 aliphatic heterocycles. The number of carbonyl (C=O) groups excluding carboxylic acids is 1. The van der Waals surface area contributed by atoms with E-state index in [-0.39, 0.29) is 44.6 Å². The van der Waals surface area contributed by atoms with Gasteiger partial charge < -0.3 is 35.7 Å². The van der Waals surface area contributed by atoms with E-state index in [0.29, 0.717) is 63.0 Å². The van der Waals surface area contributed by atoms with Crippen LogP contribution in [0.3, 0.4) is 0 Å². The smallest absolute Gasteiger partial charge is 0.334 e. The summed E-state index contributed by atoms with van der Waals surface area (Å²) in [6.45, 7) is 3.53. The number of nitrogens with zero attached hydrogens (tertiary/aromatic N) is 3. The van der Waals surface area contributed by atoms with E-state index < -0.39 is 23.9 Å². The third kappa shape index (κ3) is 7.84. The summed E-state index contributed by atoms with van der Waals surface area (Å²) in [7, 11) is 2.23. The SMILES string of the molecule is CN1C2CCC1CC(N1CCN(C(C=O)C3=C(C(=O)O)C(c4c(Cl)cccc4Cl)C(C(=O)O)=C(CCc4ccccc4OCCCN)N3)CC1)C2. The predicted molar refractivity (Wildman–Crippen MR) is 196 cm³/mol. The summed E-state index contributed by atoms with van der Waals surface area (Å²) in [4.78, 5) is 46.6. The topological polar surface area (TPSA) is 149 Å². The first-order valence-electron chi connectivity index (χ1n) is 17.8. The summed E-state index contributed by atoms with van der Waals surface area (Å²) in [6, 6.07) is 13.0. The molecule has 274 valence electrons. The number of nitrogens with two attached hydrogens (primary N) is 1. The van der Waals surface area contributed by atoms with Gasteiger partial charge in [0.05, 0.1) is 29.4 Å². The molecule has 0 aliphatic carbocycles. The van der Waals surface area contributed by atoms with Crippen LogP contribution in [0.2, 0.25) is 10.0 Å². The van der Waals surface area contributed by atoms with Gasteiger partial charge in [0, 0.05) is 65.6 Å². The number of carbonyl (C=O) groups is 3. The number of para-hydroxylation sites is 1. The largest absolute Gasteiger partial charge is 0.493 e. The Morgan fingerprint density at radius 1 is 0.941 bits per heavy atom. The lowest BCUT2D eigenvalue weighted by Gasteiger charge is -2.46. The number of piperazine rings is 1. The summed E-state index contributed by atoms with van der Waals surface area (Å²) < 4.78 is 5.98. The van der Waals surface area contributed by atoms with Crippen LogP contribution in [0.25, 0.3) is 0 Å². The van der Waals surface area contributed by atoms with E-state index in [1.54, 1.807) is 18.2 Å². The number of nitrogens with one attached hydrogen (secondary N) is 1. The van der Waals surface area contributed by atoms with E-state index >= 15 is 0 Å². The molecule has 0 amide bonds. The third-order valence-corrected chi connectivity index (χ3v) is 11.9. The van der Waals surface area contributed by atoms with Crippen LogP contribution in [-0.4, -0.2) is 114 Å². The standard InChI is InChI=1S/C38H47Cl2N5O6/c1-43-24-11-12-25(43)21-26(20-24)44-15-17-45(18-16-44)30(22-46)36-35(38(49)50)34(32-27(39)7-4-8-28(32)40)33(37(47)48)29(42-36)13-10-23-6-2-3-9-31(23)51-19-5-14-41/h2-4,6-9,22,24-26,30,34,42H,5,10-21,41H2,1H3,(H,47,48)(H,49,50). The molecular formula is C38H47Cl2N5O6. The fourth-order valence-corrected chi connectivity index (χ4v) is 9.16. The van der Waals surface area contributed by atoms with Crippen LogP contribution in [0.4, 0.5) is 0 Å². The second-order valence-electron chi connectivity index (χ2n) is 14.0. The molecule has 2 aromatic carbocycles. The van der Waals surface area contributed by atoms with Crippen molar-refractivity contribution in [1.29, 1.82) is 0 Å². The maximum Gasteiger partial charge on any atom is 0.334 e. The minimum atomic E-state index is -1.36. The lowest BCUT2D eigenvalue weighted by atomic mass is 9.78. The van der Waals surface area contributed by atoms with E-state index in [2.05, 4.69) is 22.2 Å². The minimum Gasteiger partial charge on any atom is -0.493 e. The van der Waals surface area contributed by atoms with Crippen molar-refractivity contribution in [3.63, 3.8) is 0 Å². The van der Waals surface area contributed by atoms with E-state index in [1.165, 1.54) is 12.8 Å². The number of fused-ring (bicyclic) bond motifs is 2. The summed E-state index contributed by atoms with van der Waals surface area (Å²) in [6.07, 6.45) is 6.73. The first kappa shape index (κ1) is 37.3. The fraction of sp³-hybridized carbons (Fsp3) is 0.500. The molecule has 6 rings (SSSR count). The molecular weight excluding hydrogens is 693 g/mol. The third-order valence-electron chi connectivity index (χ3n) is 11.2. The van der Waals surface area contributed by atoms with Crippen molar-refractivity contribution in [2.24, 2.45) is 5.73 Å². The molecule has 51 heavy (non-hydrogen) atoms. The first-order valence-corrected chi connectivity index (χ1v) is 18.6. The maximum atomic E-state index is 13.3. The first-order chi connectivity index (χ1) is 24.6. The lowest BCUT2D eigenvalue weighted by Crippen LogP contribution is -2.58. The van der Waals surface area contributed by atoms with Crippen LogP contribution < -0.4 is 15.8 Å². The van der Waals surface area contributed by atoms with Crippen molar-refractivity contribution >= 4 is 41.4 Å². The molecule has 11 nitrogen and oxygen atoms in total. The molecule has 4 heterocycles. The zero-order valence-corrected chi connectivity index (χ0v) is 30.4. The van der Waals surface area contributed by atoms with Crippen LogP contribution in [0.15, 0.2) is 65.0 Å². The number of rotatable bonds is 14. The van der Waals surface area contributed by atoms with E-state index in [9.17, 15) is 24.6 Å². The maximum absolute atomic E-state index is 13.3. The number of benzene rings is 2. The average molecular weight is 741 g/mol. The van der Waals surface area contributed by atoms with Gasteiger partial charge in [-0.3, -0.25) is 9.80 Å². The van der Waals surface area contributed by atoms with Crippen LogP contribution in [-0.2, 0) is 20.8 Å². The van der Waals surface area contributed by atoms with E-state index in [1.807, 2.05) is 29.2 Å². The fourth-order valence-electron chi connectivity index (χ4n) is 8.54. The molecule has 3 saturated heterocycles. The zero-order chi connectivity index (χ0) is 36.2. The number of aryl methyl sites for hydroxylation is 1. The van der Waals surface area contributed by atoms with Gasteiger partial charge >= 0.3 is 11.9 Å². The normalized spacial score (nSPS) is 25.1. The van der Waals surface area contributed by atoms with Crippen LogP contribution in [0.1, 0.15) is 55.6 Å². The Labute approximate surface area is 309 Å². The van der Waals surface area contributed by atoms with Crippen LogP contribution in [0, 0.1) is 0 Å². The van der Waals surface area contributed by atoms with Crippen molar-refractivity contribution in [2.45, 2.75) is 75.0 Å². The van der Waals surface area contributed by atoms with Crippen molar-refractivity contribution in [3.05, 3.63) is 86.2 Å². The number of allylic oxidation sites excluding steroid dienone is 1. The quantitative estimate of drug-likeness (QED) is 0.160. The lowest BCUT2D eigenvalue weighted by molar-refractivity contribution is -0.133. The number of dihydropyridines is 1. The number of hydrogen-bond donors (Lipinski definition) is 4. The highest BCUT2D eigenvalue weighted by molar-refractivity contribution is 6.36. The zero-order valence-electron chi connectivity index (χ0n) is 28.9.